The number of rotatable bonds is 9. The highest BCUT2D eigenvalue weighted by molar-refractivity contribution is 5.79. The fourth-order valence-electron chi connectivity index (χ4n) is 5.31. The lowest BCUT2D eigenvalue weighted by Gasteiger charge is -2.41. The molecule has 3 saturated heterocycles. The van der Waals surface area contributed by atoms with Gasteiger partial charge in [-0.25, -0.2) is 5.43 Å². The van der Waals surface area contributed by atoms with Crippen molar-refractivity contribution in [2.75, 3.05) is 19.6 Å². The molecule has 2 amide bonds. The highest BCUT2D eigenvalue weighted by Gasteiger charge is 2.39. The van der Waals surface area contributed by atoms with E-state index in [1.165, 1.54) is 6.42 Å². The van der Waals surface area contributed by atoms with Crippen molar-refractivity contribution in [2.45, 2.75) is 82.6 Å². The lowest BCUT2D eigenvalue weighted by atomic mass is 9.76. The average Bonchev–Trinajstić information content (AvgIpc) is 3.28. The van der Waals surface area contributed by atoms with Gasteiger partial charge >= 0.3 is 0 Å². The summed E-state index contributed by atoms with van der Waals surface area (Å²) in [7, 11) is 0. The third-order valence-corrected chi connectivity index (χ3v) is 7.21. The quantitative estimate of drug-likeness (QED) is 0.200. The molecule has 4 fully saturated rings. The van der Waals surface area contributed by atoms with Crippen LogP contribution < -0.4 is 37.6 Å². The van der Waals surface area contributed by atoms with E-state index in [0.717, 1.165) is 51.6 Å². The van der Waals surface area contributed by atoms with Gasteiger partial charge in [0.2, 0.25) is 11.8 Å². The van der Waals surface area contributed by atoms with Crippen LogP contribution in [0.5, 0.6) is 0 Å². The summed E-state index contributed by atoms with van der Waals surface area (Å²) in [6, 6.07) is 0. The molecule has 0 aromatic heterocycles. The summed E-state index contributed by atoms with van der Waals surface area (Å²) in [5.74, 6) is 0.954. The van der Waals surface area contributed by atoms with Crippen molar-refractivity contribution in [2.24, 2.45) is 17.8 Å². The number of aliphatic hydroxyl groups excluding tert-OH is 1. The number of hydroxylamine groups is 1. The molecule has 7 atom stereocenters. The van der Waals surface area contributed by atoms with Crippen LogP contribution >= 0.6 is 0 Å². The molecule has 7 unspecified atom stereocenters. The van der Waals surface area contributed by atoms with E-state index >= 15 is 0 Å². The Hall–Kier alpha value is -1.34. The third-order valence-electron chi connectivity index (χ3n) is 7.21. The standard InChI is InChI=1S/C21H39N7O4/c29-16(8-9-18-25-19(28-32-18)13-6-7-17(30)24-12-13)22-10-3-11-23-20-14-4-1-2-5-15(14)21(31)27-26-20/h13-15,17-20,23-26,28,30H,1-12H2,(H,22,29)(H,27,31). The summed E-state index contributed by atoms with van der Waals surface area (Å²) < 4.78 is 0. The van der Waals surface area contributed by atoms with Gasteiger partial charge in [-0.05, 0) is 45.1 Å². The fourth-order valence-corrected chi connectivity index (χ4v) is 5.31. The first-order chi connectivity index (χ1) is 15.6. The molecule has 0 spiro atoms. The van der Waals surface area contributed by atoms with Crippen LogP contribution in [0.1, 0.15) is 57.8 Å². The number of piperidine rings is 1. The first kappa shape index (κ1) is 23.8. The molecule has 11 nitrogen and oxygen atoms in total. The monoisotopic (exact) mass is 453 g/mol. The van der Waals surface area contributed by atoms with Crippen LogP contribution in [-0.4, -0.2) is 61.3 Å². The van der Waals surface area contributed by atoms with Crippen molar-refractivity contribution in [3.8, 4) is 0 Å². The Kier molecular flexibility index (Phi) is 8.69. The molecule has 0 bridgehead atoms. The number of nitrogens with one attached hydrogen (secondary N) is 7. The molecule has 1 aliphatic carbocycles. The fraction of sp³-hybridized carbons (Fsp3) is 0.905. The van der Waals surface area contributed by atoms with E-state index in [9.17, 15) is 14.7 Å². The molecule has 0 aromatic carbocycles. The van der Waals surface area contributed by atoms with Crippen LogP contribution in [-0.2, 0) is 14.4 Å². The Balaban J connectivity index is 1.05. The molecule has 32 heavy (non-hydrogen) atoms. The first-order valence-corrected chi connectivity index (χ1v) is 12.2. The highest BCUT2D eigenvalue weighted by atomic mass is 16.7. The van der Waals surface area contributed by atoms with Gasteiger partial charge < -0.3 is 15.7 Å². The zero-order valence-corrected chi connectivity index (χ0v) is 18.7. The van der Waals surface area contributed by atoms with Gasteiger partial charge in [-0.3, -0.25) is 30.5 Å². The predicted octanol–water partition coefficient (Wildman–Crippen LogP) is -1.28. The maximum absolute atomic E-state index is 12.2. The van der Waals surface area contributed by atoms with Gasteiger partial charge in [0.05, 0.1) is 12.3 Å². The number of carbonyl (C=O) groups excluding carboxylic acids is 2. The van der Waals surface area contributed by atoms with Crippen molar-refractivity contribution in [1.82, 2.24) is 37.6 Å². The summed E-state index contributed by atoms with van der Waals surface area (Å²) in [6.45, 7) is 2.13. The van der Waals surface area contributed by atoms with Crippen molar-refractivity contribution < 1.29 is 19.5 Å². The molecule has 4 aliphatic rings. The normalized spacial score (nSPS) is 37.5. The van der Waals surface area contributed by atoms with Gasteiger partial charge in [-0.2, -0.15) is 5.48 Å². The van der Waals surface area contributed by atoms with Crippen molar-refractivity contribution in [3.05, 3.63) is 0 Å². The summed E-state index contributed by atoms with van der Waals surface area (Å²) in [6.07, 6.45) is 7.40. The minimum Gasteiger partial charge on any atom is -0.379 e. The van der Waals surface area contributed by atoms with E-state index in [1.807, 2.05) is 0 Å². The van der Waals surface area contributed by atoms with Gasteiger partial charge in [0.1, 0.15) is 12.5 Å². The zero-order chi connectivity index (χ0) is 22.3. The number of hydrogen-bond acceptors (Lipinski definition) is 9. The molecule has 3 heterocycles. The second-order valence-corrected chi connectivity index (χ2v) is 9.49. The molecule has 8 N–H and O–H groups in total. The molecule has 0 radical (unpaired) electrons. The van der Waals surface area contributed by atoms with Gasteiger partial charge in [0, 0.05) is 37.3 Å². The number of hydrogen-bond donors (Lipinski definition) is 8. The number of hydrazine groups is 1. The molecule has 1 saturated carbocycles. The van der Waals surface area contributed by atoms with Crippen LogP contribution in [0.3, 0.4) is 0 Å². The summed E-state index contributed by atoms with van der Waals surface area (Å²) in [5.41, 5.74) is 8.93. The maximum atomic E-state index is 12.2. The van der Waals surface area contributed by atoms with Crippen LogP contribution in [0.4, 0.5) is 0 Å². The maximum Gasteiger partial charge on any atom is 0.237 e. The zero-order valence-electron chi connectivity index (χ0n) is 18.7. The van der Waals surface area contributed by atoms with Gasteiger partial charge in [-0.15, -0.1) is 0 Å². The van der Waals surface area contributed by atoms with Crippen LogP contribution in [0, 0.1) is 17.8 Å². The molecular weight excluding hydrogens is 414 g/mol. The molecule has 11 heteroatoms. The van der Waals surface area contributed by atoms with E-state index in [2.05, 4.69) is 37.6 Å². The Morgan fingerprint density at radius 2 is 2.03 bits per heavy atom. The Bertz CT molecular complexity index is 631. The second-order valence-electron chi connectivity index (χ2n) is 9.49. The van der Waals surface area contributed by atoms with Crippen molar-refractivity contribution in [1.29, 1.82) is 0 Å². The second kappa shape index (κ2) is 11.7. The van der Waals surface area contributed by atoms with E-state index in [4.69, 9.17) is 4.84 Å². The minimum atomic E-state index is -0.410. The first-order valence-electron chi connectivity index (χ1n) is 12.2. The largest absolute Gasteiger partial charge is 0.379 e. The lowest BCUT2D eigenvalue weighted by Crippen LogP contribution is -2.64. The van der Waals surface area contributed by atoms with Crippen LogP contribution in [0.2, 0.25) is 0 Å². The van der Waals surface area contributed by atoms with E-state index in [-0.39, 0.29) is 36.3 Å². The Morgan fingerprint density at radius 1 is 1.16 bits per heavy atom. The van der Waals surface area contributed by atoms with Crippen LogP contribution in [0.25, 0.3) is 0 Å². The molecule has 182 valence electrons. The summed E-state index contributed by atoms with van der Waals surface area (Å²) in [5, 5.41) is 22.5. The van der Waals surface area contributed by atoms with Crippen molar-refractivity contribution >= 4 is 11.8 Å². The number of fused-ring (bicyclic) bond motifs is 1. The number of aliphatic hydroxyl groups is 1. The SMILES string of the molecule is O=C(CCC1NC(C2CCC(O)NC2)NO1)NCCCNC1NNC(=O)C2CCCCC12. The van der Waals surface area contributed by atoms with E-state index in [0.29, 0.717) is 31.2 Å². The number of carbonyl (C=O) groups is 2. The average molecular weight is 454 g/mol. The van der Waals surface area contributed by atoms with Crippen LogP contribution in [0.15, 0.2) is 0 Å². The molecule has 3 aliphatic heterocycles. The third kappa shape index (κ3) is 6.37. The Morgan fingerprint density at radius 3 is 2.88 bits per heavy atom. The Labute approximate surface area is 189 Å². The van der Waals surface area contributed by atoms with Gasteiger partial charge in [0.25, 0.3) is 0 Å². The van der Waals surface area contributed by atoms with Crippen molar-refractivity contribution in [3.63, 3.8) is 0 Å². The van der Waals surface area contributed by atoms with Gasteiger partial charge in [-0.1, -0.05) is 12.8 Å². The molecule has 4 rings (SSSR count). The van der Waals surface area contributed by atoms with E-state index in [1.54, 1.807) is 0 Å². The smallest absolute Gasteiger partial charge is 0.237 e. The summed E-state index contributed by atoms with van der Waals surface area (Å²) in [4.78, 5) is 29.8. The topological polar surface area (TPSA) is 148 Å². The minimum absolute atomic E-state index is 0.0247. The van der Waals surface area contributed by atoms with E-state index < -0.39 is 6.23 Å². The van der Waals surface area contributed by atoms with Gasteiger partial charge in [0.15, 0.2) is 0 Å². The highest BCUT2D eigenvalue weighted by Crippen LogP contribution is 2.33. The number of amides is 2. The molecular formula is C21H39N7O4. The predicted molar refractivity (Wildman–Crippen MR) is 117 cm³/mol. The summed E-state index contributed by atoms with van der Waals surface area (Å²) >= 11 is 0. The lowest BCUT2D eigenvalue weighted by molar-refractivity contribution is -0.134. The molecule has 0 aromatic rings.